The van der Waals surface area contributed by atoms with Gasteiger partial charge < -0.3 is 9.47 Å². The molecule has 1 fully saturated rings. The van der Waals surface area contributed by atoms with E-state index >= 15 is 0 Å². The third-order valence-electron chi connectivity index (χ3n) is 2.67. The quantitative estimate of drug-likeness (QED) is 0.703. The summed E-state index contributed by atoms with van der Waals surface area (Å²) in [7, 11) is 0. The molecule has 0 aromatic heterocycles. The molecule has 0 unspecified atom stereocenters. The van der Waals surface area contributed by atoms with Gasteiger partial charge in [0.15, 0.2) is 6.29 Å². The van der Waals surface area contributed by atoms with Crippen LogP contribution in [-0.4, -0.2) is 13.2 Å². The molecule has 2 heteroatoms. The van der Waals surface area contributed by atoms with Crippen molar-refractivity contribution < 1.29 is 9.47 Å². The van der Waals surface area contributed by atoms with E-state index in [4.69, 9.17) is 9.47 Å². The summed E-state index contributed by atoms with van der Waals surface area (Å²) in [5, 5.41) is 0. The zero-order valence-corrected chi connectivity index (χ0v) is 9.62. The molecule has 1 aromatic rings. The number of hydrogen-bond donors (Lipinski definition) is 0. The molecule has 1 aliphatic heterocycles. The summed E-state index contributed by atoms with van der Waals surface area (Å²) >= 11 is 0. The lowest BCUT2D eigenvalue weighted by Gasteiger charge is -2.19. The lowest BCUT2D eigenvalue weighted by molar-refractivity contribution is -0.0441. The highest BCUT2D eigenvalue weighted by Gasteiger charge is 2.19. The van der Waals surface area contributed by atoms with Gasteiger partial charge in [-0.1, -0.05) is 45.0 Å². The van der Waals surface area contributed by atoms with Crippen molar-refractivity contribution in [1.82, 2.24) is 0 Å². The highest BCUT2D eigenvalue weighted by molar-refractivity contribution is 5.28. The lowest BCUT2D eigenvalue weighted by Crippen LogP contribution is -2.11. The predicted octanol–water partition coefficient (Wildman–Crippen LogP) is 3.03. The van der Waals surface area contributed by atoms with Crippen LogP contribution in [-0.2, 0) is 14.9 Å². The van der Waals surface area contributed by atoms with Crippen LogP contribution < -0.4 is 0 Å². The average molecular weight is 206 g/mol. The van der Waals surface area contributed by atoms with Gasteiger partial charge in [0.2, 0.25) is 0 Å². The Balaban J connectivity index is 2.16. The van der Waals surface area contributed by atoms with Crippen molar-refractivity contribution in [3.63, 3.8) is 0 Å². The first kappa shape index (κ1) is 10.7. The van der Waals surface area contributed by atoms with E-state index in [2.05, 4.69) is 45.0 Å². The highest BCUT2D eigenvalue weighted by atomic mass is 16.7. The second-order valence-electron chi connectivity index (χ2n) is 4.95. The van der Waals surface area contributed by atoms with E-state index in [1.54, 1.807) is 0 Å². The van der Waals surface area contributed by atoms with Crippen LogP contribution in [0.2, 0.25) is 0 Å². The molecule has 82 valence electrons. The van der Waals surface area contributed by atoms with Gasteiger partial charge >= 0.3 is 0 Å². The maximum atomic E-state index is 5.44. The van der Waals surface area contributed by atoms with Gasteiger partial charge in [-0.2, -0.15) is 0 Å². The number of hydrogen-bond acceptors (Lipinski definition) is 2. The fourth-order valence-electron chi connectivity index (χ4n) is 1.69. The van der Waals surface area contributed by atoms with E-state index in [0.29, 0.717) is 13.2 Å². The van der Waals surface area contributed by atoms with Gasteiger partial charge in [0.25, 0.3) is 0 Å². The van der Waals surface area contributed by atoms with Crippen LogP contribution in [0.3, 0.4) is 0 Å². The molecule has 15 heavy (non-hydrogen) atoms. The summed E-state index contributed by atoms with van der Waals surface area (Å²) < 4.78 is 10.9. The molecule has 0 aliphatic carbocycles. The molecule has 2 rings (SSSR count). The number of benzene rings is 1. The standard InChI is InChI=1S/C13H18O2/c1-13(2,3)11-6-4-10(5-7-11)12-14-8-9-15-12/h4-7,12H,8-9H2,1-3H3. The summed E-state index contributed by atoms with van der Waals surface area (Å²) in [6.07, 6.45) is -0.154. The predicted molar refractivity (Wildman–Crippen MR) is 59.8 cm³/mol. The topological polar surface area (TPSA) is 18.5 Å². The molecule has 1 aliphatic rings. The first-order valence-corrected chi connectivity index (χ1v) is 5.41. The minimum absolute atomic E-state index is 0.154. The van der Waals surface area contributed by atoms with Crippen LogP contribution in [0.4, 0.5) is 0 Å². The first-order valence-electron chi connectivity index (χ1n) is 5.41. The van der Waals surface area contributed by atoms with Crippen LogP contribution in [0.25, 0.3) is 0 Å². The van der Waals surface area contributed by atoms with E-state index in [-0.39, 0.29) is 11.7 Å². The van der Waals surface area contributed by atoms with E-state index in [1.165, 1.54) is 5.56 Å². The second-order valence-corrected chi connectivity index (χ2v) is 4.95. The zero-order chi connectivity index (χ0) is 10.9. The summed E-state index contributed by atoms with van der Waals surface area (Å²) in [5.41, 5.74) is 2.65. The van der Waals surface area contributed by atoms with Gasteiger partial charge in [-0.05, 0) is 11.0 Å². The van der Waals surface area contributed by atoms with E-state index in [0.717, 1.165) is 5.56 Å². The van der Waals surface area contributed by atoms with Crippen molar-refractivity contribution in [2.75, 3.05) is 13.2 Å². The SMILES string of the molecule is CC(C)(C)c1ccc(C2OCCO2)cc1. The Hall–Kier alpha value is -0.860. The first-order chi connectivity index (χ1) is 7.07. The van der Waals surface area contributed by atoms with Crippen molar-refractivity contribution in [3.05, 3.63) is 35.4 Å². The molecule has 0 N–H and O–H groups in total. The van der Waals surface area contributed by atoms with Gasteiger partial charge in [0.05, 0.1) is 13.2 Å². The zero-order valence-electron chi connectivity index (χ0n) is 9.62. The third-order valence-corrected chi connectivity index (χ3v) is 2.67. The van der Waals surface area contributed by atoms with Crippen LogP contribution >= 0.6 is 0 Å². The molecule has 0 spiro atoms. The van der Waals surface area contributed by atoms with Gasteiger partial charge in [-0.15, -0.1) is 0 Å². The van der Waals surface area contributed by atoms with Gasteiger partial charge in [0.1, 0.15) is 0 Å². The molecule has 1 saturated heterocycles. The Labute approximate surface area is 91.2 Å². The summed E-state index contributed by atoms with van der Waals surface area (Å²) in [6.45, 7) is 8.04. The summed E-state index contributed by atoms with van der Waals surface area (Å²) in [4.78, 5) is 0. The summed E-state index contributed by atoms with van der Waals surface area (Å²) in [6, 6.07) is 8.49. The fourth-order valence-corrected chi connectivity index (χ4v) is 1.69. The molecular formula is C13H18O2. The molecule has 0 bridgehead atoms. The second kappa shape index (κ2) is 3.95. The fraction of sp³-hybridized carbons (Fsp3) is 0.538. The molecule has 2 nitrogen and oxygen atoms in total. The van der Waals surface area contributed by atoms with Crippen LogP contribution in [0.5, 0.6) is 0 Å². The monoisotopic (exact) mass is 206 g/mol. The van der Waals surface area contributed by atoms with Gasteiger partial charge in [-0.25, -0.2) is 0 Å². The third kappa shape index (κ3) is 2.39. The van der Waals surface area contributed by atoms with Gasteiger partial charge in [-0.3, -0.25) is 0 Å². The Bertz CT molecular complexity index is 315. The van der Waals surface area contributed by atoms with Gasteiger partial charge in [0, 0.05) is 5.56 Å². The van der Waals surface area contributed by atoms with E-state index in [9.17, 15) is 0 Å². The number of rotatable bonds is 1. The van der Waals surface area contributed by atoms with Crippen molar-refractivity contribution >= 4 is 0 Å². The minimum atomic E-state index is -0.154. The smallest absolute Gasteiger partial charge is 0.184 e. The molecule has 0 amide bonds. The summed E-state index contributed by atoms with van der Waals surface area (Å²) in [5.74, 6) is 0. The van der Waals surface area contributed by atoms with E-state index in [1.807, 2.05) is 0 Å². The molecular weight excluding hydrogens is 188 g/mol. The maximum absolute atomic E-state index is 5.44. The molecule has 0 atom stereocenters. The molecule has 1 aromatic carbocycles. The van der Waals surface area contributed by atoms with E-state index < -0.39 is 0 Å². The Kier molecular flexibility index (Phi) is 2.81. The van der Waals surface area contributed by atoms with Crippen LogP contribution in [0, 0.1) is 0 Å². The maximum Gasteiger partial charge on any atom is 0.184 e. The number of ether oxygens (including phenoxy) is 2. The largest absolute Gasteiger partial charge is 0.346 e. The van der Waals surface area contributed by atoms with Crippen LogP contribution in [0.15, 0.2) is 24.3 Å². The average Bonchev–Trinajstić information content (AvgIpc) is 2.69. The van der Waals surface area contributed by atoms with Crippen molar-refractivity contribution in [2.24, 2.45) is 0 Å². The van der Waals surface area contributed by atoms with Crippen molar-refractivity contribution in [1.29, 1.82) is 0 Å². The molecule has 1 heterocycles. The molecule has 0 radical (unpaired) electrons. The van der Waals surface area contributed by atoms with Crippen molar-refractivity contribution in [3.8, 4) is 0 Å². The Morgan fingerprint density at radius 1 is 1.00 bits per heavy atom. The molecule has 0 saturated carbocycles. The van der Waals surface area contributed by atoms with Crippen molar-refractivity contribution in [2.45, 2.75) is 32.5 Å². The highest BCUT2D eigenvalue weighted by Crippen LogP contribution is 2.27. The Morgan fingerprint density at radius 3 is 2.00 bits per heavy atom. The van der Waals surface area contributed by atoms with Crippen LogP contribution in [0.1, 0.15) is 38.2 Å². The lowest BCUT2D eigenvalue weighted by atomic mass is 9.87. The Morgan fingerprint density at radius 2 is 1.53 bits per heavy atom. The minimum Gasteiger partial charge on any atom is -0.346 e. The normalized spacial score (nSPS) is 18.3.